The van der Waals surface area contributed by atoms with Crippen LogP contribution in [0, 0.1) is 5.41 Å². The van der Waals surface area contributed by atoms with Crippen molar-refractivity contribution >= 4 is 38.6 Å². The SMILES string of the molecule is N=C(C(=O)C=C[NH2+]c1ccc(S(=O)(=O)N2CCOCC2)cc1)C(C=CN)=Nc1ccccc1. The van der Waals surface area contributed by atoms with Gasteiger partial charge < -0.3 is 10.5 Å². The average Bonchev–Trinajstić information content (AvgIpc) is 2.85. The minimum Gasteiger partial charge on any atom is -0.405 e. The van der Waals surface area contributed by atoms with E-state index in [1.165, 1.54) is 41.0 Å². The summed E-state index contributed by atoms with van der Waals surface area (Å²) < 4.78 is 32.0. The van der Waals surface area contributed by atoms with Gasteiger partial charge in [0.25, 0.3) is 0 Å². The number of para-hydroxylation sites is 1. The Bertz CT molecular complexity index is 1170. The van der Waals surface area contributed by atoms with Gasteiger partial charge in [-0.2, -0.15) is 4.31 Å². The lowest BCUT2D eigenvalue weighted by molar-refractivity contribution is -0.496. The molecule has 172 valence electrons. The monoisotopic (exact) mass is 468 g/mol. The summed E-state index contributed by atoms with van der Waals surface area (Å²) in [5.74, 6) is -0.537. The number of hydrogen-bond acceptors (Lipinski definition) is 7. The summed E-state index contributed by atoms with van der Waals surface area (Å²) in [5, 5.41) is 9.81. The van der Waals surface area contributed by atoms with Crippen LogP contribution in [0.5, 0.6) is 0 Å². The molecule has 33 heavy (non-hydrogen) atoms. The second-order valence-electron chi connectivity index (χ2n) is 7.04. The van der Waals surface area contributed by atoms with E-state index in [1.54, 1.807) is 41.7 Å². The molecule has 0 atom stereocenters. The zero-order valence-electron chi connectivity index (χ0n) is 17.9. The fraction of sp³-hybridized carbons (Fsp3) is 0.174. The topological polar surface area (TPSA) is 143 Å². The van der Waals surface area contributed by atoms with Crippen molar-refractivity contribution in [3.05, 3.63) is 79.1 Å². The molecule has 0 aromatic heterocycles. The fourth-order valence-corrected chi connectivity index (χ4v) is 4.46. The number of nitrogens with two attached hydrogens (primary N) is 2. The molecular weight excluding hydrogens is 442 g/mol. The highest BCUT2D eigenvalue weighted by Crippen LogP contribution is 2.18. The molecule has 0 radical (unpaired) electrons. The first kappa shape index (κ1) is 24.2. The highest BCUT2D eigenvalue weighted by atomic mass is 32.2. The van der Waals surface area contributed by atoms with Gasteiger partial charge >= 0.3 is 0 Å². The summed E-state index contributed by atoms with van der Waals surface area (Å²) in [6.07, 6.45) is 5.39. The highest BCUT2D eigenvalue weighted by Gasteiger charge is 2.26. The fourth-order valence-electron chi connectivity index (χ4n) is 3.05. The van der Waals surface area contributed by atoms with E-state index in [0.717, 1.165) is 0 Å². The van der Waals surface area contributed by atoms with Gasteiger partial charge in [0.2, 0.25) is 15.8 Å². The maximum absolute atomic E-state index is 12.7. The number of nitrogens with one attached hydrogen (secondary N) is 1. The van der Waals surface area contributed by atoms with E-state index >= 15 is 0 Å². The quantitative estimate of drug-likeness (QED) is 0.288. The van der Waals surface area contributed by atoms with Crippen LogP contribution >= 0.6 is 0 Å². The zero-order chi connectivity index (χ0) is 23.7. The third-order valence-electron chi connectivity index (χ3n) is 4.79. The standard InChI is InChI=1S/C23H25N5O4S/c24-12-10-21(27-19-4-2-1-3-5-19)23(25)22(29)11-13-26-18-6-8-20(9-7-18)33(30,31)28-14-16-32-17-15-28/h1-13,25-26H,14-17,24H2/p+1. The molecule has 1 heterocycles. The number of ether oxygens (including phenoxy) is 1. The second-order valence-corrected chi connectivity index (χ2v) is 8.98. The molecule has 0 bridgehead atoms. The van der Waals surface area contributed by atoms with Crippen LogP contribution in [0.1, 0.15) is 0 Å². The zero-order valence-corrected chi connectivity index (χ0v) is 18.7. The van der Waals surface area contributed by atoms with Crippen LogP contribution in [0.4, 0.5) is 11.4 Å². The van der Waals surface area contributed by atoms with Crippen molar-refractivity contribution in [2.45, 2.75) is 4.90 Å². The molecule has 0 saturated carbocycles. The van der Waals surface area contributed by atoms with Gasteiger partial charge in [0.1, 0.15) is 17.6 Å². The number of allylic oxidation sites excluding steroid dienone is 2. The Kier molecular flexibility index (Phi) is 8.39. The minimum atomic E-state index is -3.56. The summed E-state index contributed by atoms with van der Waals surface area (Å²) in [5.41, 5.74) is 6.61. The van der Waals surface area contributed by atoms with E-state index in [0.29, 0.717) is 37.7 Å². The lowest BCUT2D eigenvalue weighted by Gasteiger charge is -2.25. The molecule has 10 heteroatoms. The van der Waals surface area contributed by atoms with Crippen LogP contribution in [-0.4, -0.2) is 56.2 Å². The summed E-state index contributed by atoms with van der Waals surface area (Å²) >= 11 is 0. The van der Waals surface area contributed by atoms with Crippen LogP contribution < -0.4 is 11.1 Å². The number of morpholine rings is 1. The Morgan fingerprint density at radius 3 is 2.36 bits per heavy atom. The average molecular weight is 469 g/mol. The molecule has 2 aromatic rings. The first-order valence-electron chi connectivity index (χ1n) is 10.3. The van der Waals surface area contributed by atoms with Crippen molar-refractivity contribution in [2.75, 3.05) is 26.3 Å². The second kappa shape index (κ2) is 11.4. The minimum absolute atomic E-state index is 0.149. The van der Waals surface area contributed by atoms with Crippen LogP contribution in [0.3, 0.4) is 0 Å². The predicted octanol–water partition coefficient (Wildman–Crippen LogP) is 1.25. The van der Waals surface area contributed by atoms with Crippen molar-refractivity contribution in [1.29, 1.82) is 5.41 Å². The molecule has 2 aromatic carbocycles. The van der Waals surface area contributed by atoms with E-state index < -0.39 is 15.8 Å². The summed E-state index contributed by atoms with van der Waals surface area (Å²) in [7, 11) is -3.56. The van der Waals surface area contributed by atoms with Crippen LogP contribution in [-0.2, 0) is 19.6 Å². The van der Waals surface area contributed by atoms with E-state index in [9.17, 15) is 13.2 Å². The Balaban J connectivity index is 1.63. The molecule has 0 spiro atoms. The van der Waals surface area contributed by atoms with Crippen molar-refractivity contribution in [3.8, 4) is 0 Å². The van der Waals surface area contributed by atoms with Crippen molar-refractivity contribution in [3.63, 3.8) is 0 Å². The van der Waals surface area contributed by atoms with E-state index in [4.69, 9.17) is 15.9 Å². The Morgan fingerprint density at radius 1 is 1.06 bits per heavy atom. The molecule has 1 saturated heterocycles. The molecular formula is C23H26N5O4S+. The number of rotatable bonds is 9. The van der Waals surface area contributed by atoms with Gasteiger partial charge in [-0.1, -0.05) is 18.2 Å². The maximum atomic E-state index is 12.7. The van der Waals surface area contributed by atoms with Gasteiger partial charge in [-0.25, -0.2) is 13.4 Å². The number of quaternary nitrogens is 1. The molecule has 3 rings (SSSR count). The summed E-state index contributed by atoms with van der Waals surface area (Å²) in [4.78, 5) is 16.9. The Labute approximate surface area is 192 Å². The van der Waals surface area contributed by atoms with Gasteiger partial charge in [-0.05, 0) is 36.5 Å². The predicted molar refractivity (Wildman–Crippen MR) is 126 cm³/mol. The number of ketones is 1. The number of sulfonamides is 1. The molecule has 5 N–H and O–H groups in total. The van der Waals surface area contributed by atoms with E-state index in [1.807, 2.05) is 6.07 Å². The third-order valence-corrected chi connectivity index (χ3v) is 6.70. The van der Waals surface area contributed by atoms with Gasteiger partial charge in [0.15, 0.2) is 0 Å². The first-order chi connectivity index (χ1) is 15.9. The van der Waals surface area contributed by atoms with Crippen molar-refractivity contribution < 1.29 is 23.3 Å². The Hall–Kier alpha value is -3.44. The largest absolute Gasteiger partial charge is 0.405 e. The molecule has 0 amide bonds. The Morgan fingerprint density at radius 2 is 1.73 bits per heavy atom. The van der Waals surface area contributed by atoms with E-state index in [2.05, 4.69) is 4.99 Å². The van der Waals surface area contributed by atoms with Gasteiger partial charge in [0.05, 0.1) is 29.5 Å². The third kappa shape index (κ3) is 6.53. The lowest BCUT2D eigenvalue weighted by atomic mass is 10.1. The molecule has 0 unspecified atom stereocenters. The normalized spacial score (nSPS) is 15.8. The van der Waals surface area contributed by atoms with Crippen molar-refractivity contribution in [2.24, 2.45) is 10.7 Å². The number of benzene rings is 2. The van der Waals surface area contributed by atoms with Crippen LogP contribution in [0.15, 0.2) is 89.0 Å². The summed E-state index contributed by atoms with van der Waals surface area (Å²) in [6, 6.07) is 15.4. The number of carbonyl (C=O) groups is 1. The van der Waals surface area contributed by atoms with Crippen molar-refractivity contribution in [1.82, 2.24) is 4.31 Å². The van der Waals surface area contributed by atoms with Crippen LogP contribution in [0.25, 0.3) is 0 Å². The first-order valence-corrected chi connectivity index (χ1v) is 11.7. The molecule has 1 fully saturated rings. The van der Waals surface area contributed by atoms with Gasteiger partial charge in [0, 0.05) is 31.3 Å². The molecule has 1 aliphatic rings. The smallest absolute Gasteiger partial charge is 0.243 e. The van der Waals surface area contributed by atoms with Crippen LogP contribution in [0.2, 0.25) is 0 Å². The molecule has 1 aliphatic heterocycles. The van der Waals surface area contributed by atoms with Gasteiger partial charge in [-0.3, -0.25) is 15.5 Å². The van der Waals surface area contributed by atoms with Gasteiger partial charge in [-0.15, -0.1) is 0 Å². The number of aliphatic imine (C=N–C) groups is 1. The maximum Gasteiger partial charge on any atom is 0.243 e. The summed E-state index contributed by atoms with van der Waals surface area (Å²) in [6.45, 7) is 1.44. The number of nitrogens with zero attached hydrogens (tertiary/aromatic N) is 2. The molecule has 9 nitrogen and oxygen atoms in total. The number of hydrogen-bond donors (Lipinski definition) is 3. The van der Waals surface area contributed by atoms with E-state index in [-0.39, 0.29) is 16.3 Å². The number of carbonyl (C=O) groups excluding carboxylic acids is 1. The highest BCUT2D eigenvalue weighted by molar-refractivity contribution is 7.89. The molecule has 0 aliphatic carbocycles. The lowest BCUT2D eigenvalue weighted by Crippen LogP contribution is -2.71.